The van der Waals surface area contributed by atoms with Crippen LogP contribution in [0.3, 0.4) is 0 Å². The number of ether oxygens (including phenoxy) is 1. The Bertz CT molecular complexity index is 772. The molecule has 4 N–H and O–H groups in total. The molecule has 0 aliphatic carbocycles. The predicted octanol–water partition coefficient (Wildman–Crippen LogP) is 2.51. The molecular weight excluding hydrogens is 330 g/mol. The summed E-state index contributed by atoms with van der Waals surface area (Å²) in [4.78, 5) is 12.7. The molecule has 1 aromatic carbocycles. The van der Waals surface area contributed by atoms with Gasteiger partial charge in [0.05, 0.1) is 11.8 Å². The molecule has 1 aliphatic heterocycles. The van der Waals surface area contributed by atoms with Crippen molar-refractivity contribution in [2.75, 3.05) is 23.8 Å². The van der Waals surface area contributed by atoms with Gasteiger partial charge in [0.1, 0.15) is 0 Å². The SMILES string of the molecule is CC(C)Nc1nnccc1C(=O)Nc1cccc(C2(N)CCOCC2)c1. The molecule has 26 heavy (non-hydrogen) atoms. The smallest absolute Gasteiger partial charge is 0.259 e. The third-order valence-electron chi connectivity index (χ3n) is 4.47. The lowest BCUT2D eigenvalue weighted by atomic mass is 9.83. The zero-order valence-electron chi connectivity index (χ0n) is 15.2. The number of carbonyl (C=O) groups excluding carboxylic acids is 1. The number of benzene rings is 1. The summed E-state index contributed by atoms with van der Waals surface area (Å²) in [5, 5.41) is 14.0. The molecule has 1 amide bonds. The number of rotatable bonds is 5. The molecular formula is C19H25N5O2. The average molecular weight is 355 g/mol. The van der Waals surface area contributed by atoms with Crippen molar-refractivity contribution in [3.8, 4) is 0 Å². The van der Waals surface area contributed by atoms with Crippen molar-refractivity contribution in [1.29, 1.82) is 0 Å². The van der Waals surface area contributed by atoms with Gasteiger partial charge in [0, 0.05) is 30.5 Å². The number of carbonyl (C=O) groups is 1. The average Bonchev–Trinajstić information content (AvgIpc) is 2.62. The fourth-order valence-electron chi connectivity index (χ4n) is 3.02. The second-order valence-electron chi connectivity index (χ2n) is 6.90. The number of anilines is 2. The van der Waals surface area contributed by atoms with Gasteiger partial charge in [-0.15, -0.1) is 5.10 Å². The van der Waals surface area contributed by atoms with Gasteiger partial charge in [0.15, 0.2) is 5.82 Å². The van der Waals surface area contributed by atoms with Crippen molar-refractivity contribution in [3.63, 3.8) is 0 Å². The van der Waals surface area contributed by atoms with Gasteiger partial charge in [-0.2, -0.15) is 5.10 Å². The zero-order valence-corrected chi connectivity index (χ0v) is 15.2. The molecule has 1 aliphatic rings. The number of nitrogens with zero attached hydrogens (tertiary/aromatic N) is 2. The molecule has 0 bridgehead atoms. The van der Waals surface area contributed by atoms with Gasteiger partial charge in [-0.1, -0.05) is 12.1 Å². The van der Waals surface area contributed by atoms with Gasteiger partial charge in [-0.05, 0) is 50.5 Å². The molecule has 1 saturated heterocycles. The Morgan fingerprint density at radius 3 is 2.77 bits per heavy atom. The van der Waals surface area contributed by atoms with Gasteiger partial charge >= 0.3 is 0 Å². The summed E-state index contributed by atoms with van der Waals surface area (Å²) in [5.74, 6) is 0.231. The van der Waals surface area contributed by atoms with E-state index in [0.29, 0.717) is 30.3 Å². The lowest BCUT2D eigenvalue weighted by Gasteiger charge is -2.34. The van der Waals surface area contributed by atoms with Crippen LogP contribution in [0, 0.1) is 0 Å². The van der Waals surface area contributed by atoms with Crippen LogP contribution in [0.4, 0.5) is 11.5 Å². The molecule has 0 unspecified atom stereocenters. The Labute approximate surface area is 153 Å². The minimum Gasteiger partial charge on any atom is -0.381 e. The molecule has 0 atom stereocenters. The van der Waals surface area contributed by atoms with Crippen molar-refractivity contribution >= 4 is 17.4 Å². The van der Waals surface area contributed by atoms with Gasteiger partial charge in [0.2, 0.25) is 0 Å². The van der Waals surface area contributed by atoms with Crippen molar-refractivity contribution < 1.29 is 9.53 Å². The Hall–Kier alpha value is -2.51. The second kappa shape index (κ2) is 7.80. The number of hydrogen-bond acceptors (Lipinski definition) is 6. The largest absolute Gasteiger partial charge is 0.381 e. The molecule has 7 nitrogen and oxygen atoms in total. The highest BCUT2D eigenvalue weighted by Gasteiger charge is 2.30. The second-order valence-corrected chi connectivity index (χ2v) is 6.90. The highest BCUT2D eigenvalue weighted by atomic mass is 16.5. The highest BCUT2D eigenvalue weighted by Crippen LogP contribution is 2.31. The number of nitrogens with one attached hydrogen (secondary N) is 2. The first-order valence-corrected chi connectivity index (χ1v) is 8.85. The van der Waals surface area contributed by atoms with Crippen LogP contribution in [0.25, 0.3) is 0 Å². The van der Waals surface area contributed by atoms with E-state index in [1.54, 1.807) is 6.07 Å². The summed E-state index contributed by atoms with van der Waals surface area (Å²) in [5.41, 5.74) is 8.30. The van der Waals surface area contributed by atoms with Gasteiger partial charge < -0.3 is 21.1 Å². The zero-order chi connectivity index (χ0) is 18.6. The third-order valence-corrected chi connectivity index (χ3v) is 4.47. The number of aromatic nitrogens is 2. The summed E-state index contributed by atoms with van der Waals surface area (Å²) in [7, 11) is 0. The van der Waals surface area contributed by atoms with E-state index in [9.17, 15) is 4.79 Å². The summed E-state index contributed by atoms with van der Waals surface area (Å²) >= 11 is 0. The Morgan fingerprint density at radius 2 is 2.04 bits per heavy atom. The maximum absolute atomic E-state index is 12.7. The fraction of sp³-hybridized carbons (Fsp3) is 0.421. The number of amides is 1. The van der Waals surface area contributed by atoms with Crippen LogP contribution in [-0.4, -0.2) is 35.4 Å². The quantitative estimate of drug-likeness (QED) is 0.762. The summed E-state index contributed by atoms with van der Waals surface area (Å²) in [6.45, 7) is 5.27. The molecule has 0 spiro atoms. The molecule has 1 fully saturated rings. The van der Waals surface area contributed by atoms with Crippen LogP contribution >= 0.6 is 0 Å². The van der Waals surface area contributed by atoms with Gasteiger partial charge in [0.25, 0.3) is 5.91 Å². The van der Waals surface area contributed by atoms with E-state index in [1.165, 1.54) is 6.20 Å². The maximum Gasteiger partial charge on any atom is 0.259 e. The van der Waals surface area contributed by atoms with Gasteiger partial charge in [-0.3, -0.25) is 4.79 Å². The Balaban J connectivity index is 1.79. The number of nitrogens with two attached hydrogens (primary N) is 1. The van der Waals surface area contributed by atoms with E-state index in [1.807, 2.05) is 38.1 Å². The van der Waals surface area contributed by atoms with Crippen LogP contribution in [0.5, 0.6) is 0 Å². The standard InChI is InChI=1S/C19H25N5O2/c1-13(2)22-17-16(6-9-21-24-17)18(25)23-15-5-3-4-14(12-15)19(20)7-10-26-11-8-19/h3-6,9,12-13H,7-8,10-11,20H2,1-2H3,(H,22,24)(H,23,25). The summed E-state index contributed by atoms with van der Waals surface area (Å²) < 4.78 is 5.41. The summed E-state index contributed by atoms with van der Waals surface area (Å²) in [6, 6.07) is 9.50. The predicted molar refractivity (Wildman–Crippen MR) is 101 cm³/mol. The van der Waals surface area contributed by atoms with E-state index < -0.39 is 5.54 Å². The molecule has 0 saturated carbocycles. The molecule has 1 aromatic heterocycles. The van der Waals surface area contributed by atoms with E-state index >= 15 is 0 Å². The van der Waals surface area contributed by atoms with Crippen LogP contribution < -0.4 is 16.4 Å². The minimum absolute atomic E-state index is 0.146. The monoisotopic (exact) mass is 355 g/mol. The molecule has 2 heterocycles. The lowest BCUT2D eigenvalue weighted by molar-refractivity contribution is 0.0522. The third kappa shape index (κ3) is 4.17. The minimum atomic E-state index is -0.415. The van der Waals surface area contributed by atoms with Crippen molar-refractivity contribution in [2.24, 2.45) is 5.73 Å². The maximum atomic E-state index is 12.7. The van der Waals surface area contributed by atoms with Crippen molar-refractivity contribution in [1.82, 2.24) is 10.2 Å². The highest BCUT2D eigenvalue weighted by molar-refractivity contribution is 6.07. The topological polar surface area (TPSA) is 102 Å². The Morgan fingerprint density at radius 1 is 1.27 bits per heavy atom. The first-order chi connectivity index (χ1) is 12.5. The van der Waals surface area contributed by atoms with Crippen LogP contribution in [0.1, 0.15) is 42.6 Å². The lowest BCUT2D eigenvalue weighted by Crippen LogP contribution is -2.42. The first kappa shape index (κ1) is 18.3. The number of hydrogen-bond donors (Lipinski definition) is 3. The fourth-order valence-corrected chi connectivity index (χ4v) is 3.02. The molecule has 138 valence electrons. The van der Waals surface area contributed by atoms with Crippen LogP contribution in [0.2, 0.25) is 0 Å². The summed E-state index contributed by atoms with van der Waals surface area (Å²) in [6.07, 6.45) is 3.04. The van der Waals surface area contributed by atoms with Crippen molar-refractivity contribution in [2.45, 2.75) is 38.3 Å². The molecule has 3 rings (SSSR count). The van der Waals surface area contributed by atoms with E-state index in [4.69, 9.17) is 10.5 Å². The van der Waals surface area contributed by atoms with Crippen molar-refractivity contribution in [3.05, 3.63) is 47.7 Å². The van der Waals surface area contributed by atoms with Crippen LogP contribution in [0.15, 0.2) is 36.5 Å². The first-order valence-electron chi connectivity index (χ1n) is 8.85. The van der Waals surface area contributed by atoms with E-state index in [0.717, 1.165) is 18.4 Å². The van der Waals surface area contributed by atoms with E-state index in [-0.39, 0.29) is 11.9 Å². The molecule has 2 aromatic rings. The molecule has 7 heteroatoms. The van der Waals surface area contributed by atoms with Gasteiger partial charge in [-0.25, -0.2) is 0 Å². The Kier molecular flexibility index (Phi) is 5.49. The van der Waals surface area contributed by atoms with Crippen LogP contribution in [-0.2, 0) is 10.3 Å². The normalized spacial score (nSPS) is 16.3. The molecule has 0 radical (unpaired) electrons. The van der Waals surface area contributed by atoms with E-state index in [2.05, 4.69) is 20.8 Å².